The third-order valence-electron chi connectivity index (χ3n) is 1.56. The molecule has 13 heavy (non-hydrogen) atoms. The SMILES string of the molecule is O=C([O-])CCc1ccccc1I.[Na+]. The Balaban J connectivity index is 0.00000144. The molecule has 1 aromatic rings. The van der Waals surface area contributed by atoms with Gasteiger partial charge in [0.1, 0.15) is 0 Å². The van der Waals surface area contributed by atoms with Crippen molar-refractivity contribution in [3.8, 4) is 0 Å². The number of halogens is 1. The summed E-state index contributed by atoms with van der Waals surface area (Å²) in [6, 6.07) is 7.74. The van der Waals surface area contributed by atoms with Gasteiger partial charge in [0, 0.05) is 9.54 Å². The third kappa shape index (κ3) is 5.00. The van der Waals surface area contributed by atoms with Gasteiger partial charge in [0.2, 0.25) is 0 Å². The number of aliphatic carboxylic acids is 1. The summed E-state index contributed by atoms with van der Waals surface area (Å²) in [5.74, 6) is -0.991. The number of carboxylic acids is 1. The molecule has 0 atom stereocenters. The second-order valence-electron chi connectivity index (χ2n) is 2.46. The van der Waals surface area contributed by atoms with Crippen LogP contribution in [0.5, 0.6) is 0 Å². The van der Waals surface area contributed by atoms with E-state index in [2.05, 4.69) is 22.6 Å². The number of hydrogen-bond donors (Lipinski definition) is 0. The minimum atomic E-state index is -0.991. The van der Waals surface area contributed by atoms with Crippen LogP contribution in [0.2, 0.25) is 0 Å². The fourth-order valence-corrected chi connectivity index (χ4v) is 1.59. The zero-order valence-electron chi connectivity index (χ0n) is 7.42. The monoisotopic (exact) mass is 298 g/mol. The fourth-order valence-electron chi connectivity index (χ4n) is 0.938. The molecule has 0 aliphatic carbocycles. The van der Waals surface area contributed by atoms with Crippen LogP contribution in [0, 0.1) is 3.57 Å². The van der Waals surface area contributed by atoms with Gasteiger partial charge in [0.25, 0.3) is 0 Å². The molecule has 1 rings (SSSR count). The van der Waals surface area contributed by atoms with Gasteiger partial charge in [-0.1, -0.05) is 18.2 Å². The van der Waals surface area contributed by atoms with E-state index in [1.807, 2.05) is 24.3 Å². The molecule has 64 valence electrons. The first kappa shape index (κ1) is 13.4. The summed E-state index contributed by atoms with van der Waals surface area (Å²) in [5, 5.41) is 10.2. The smallest absolute Gasteiger partial charge is 0.550 e. The van der Waals surface area contributed by atoms with Gasteiger partial charge in [0.15, 0.2) is 0 Å². The van der Waals surface area contributed by atoms with E-state index in [0.717, 1.165) is 9.13 Å². The second kappa shape index (κ2) is 6.81. The summed E-state index contributed by atoms with van der Waals surface area (Å²) in [5.41, 5.74) is 1.07. The van der Waals surface area contributed by atoms with Crippen molar-refractivity contribution in [2.45, 2.75) is 12.8 Å². The number of carboxylic acid groups (broad SMARTS) is 1. The minimum Gasteiger partial charge on any atom is -0.550 e. The van der Waals surface area contributed by atoms with Crippen molar-refractivity contribution in [2.24, 2.45) is 0 Å². The van der Waals surface area contributed by atoms with Crippen LogP contribution in [0.1, 0.15) is 12.0 Å². The van der Waals surface area contributed by atoms with Gasteiger partial charge in [-0.05, 0) is 47.1 Å². The summed E-state index contributed by atoms with van der Waals surface area (Å²) in [6.45, 7) is 0. The van der Waals surface area contributed by atoms with Crippen molar-refractivity contribution < 1.29 is 39.5 Å². The molecule has 0 fully saturated rings. The average molecular weight is 298 g/mol. The number of benzene rings is 1. The topological polar surface area (TPSA) is 40.1 Å². The van der Waals surface area contributed by atoms with Crippen LogP contribution in [0.25, 0.3) is 0 Å². The van der Waals surface area contributed by atoms with Crippen LogP contribution in [-0.2, 0) is 11.2 Å². The zero-order chi connectivity index (χ0) is 8.97. The third-order valence-corrected chi connectivity index (χ3v) is 2.61. The molecule has 0 bridgehead atoms. The Hall–Kier alpha value is 0.420. The zero-order valence-corrected chi connectivity index (χ0v) is 11.6. The molecular formula is C9H8INaO2. The van der Waals surface area contributed by atoms with Crippen molar-refractivity contribution in [1.29, 1.82) is 0 Å². The molecule has 0 aliphatic heterocycles. The summed E-state index contributed by atoms with van der Waals surface area (Å²) in [6.07, 6.45) is 0.654. The first-order valence-corrected chi connectivity index (χ1v) is 4.71. The van der Waals surface area contributed by atoms with Crippen LogP contribution in [0.3, 0.4) is 0 Å². The van der Waals surface area contributed by atoms with E-state index in [4.69, 9.17) is 0 Å². The van der Waals surface area contributed by atoms with Gasteiger partial charge in [-0.15, -0.1) is 0 Å². The maximum atomic E-state index is 10.2. The van der Waals surface area contributed by atoms with E-state index >= 15 is 0 Å². The van der Waals surface area contributed by atoms with E-state index in [-0.39, 0.29) is 36.0 Å². The molecule has 0 spiro atoms. The van der Waals surface area contributed by atoms with Crippen LogP contribution < -0.4 is 34.7 Å². The quantitative estimate of drug-likeness (QED) is 0.477. The molecule has 0 radical (unpaired) electrons. The number of aryl methyl sites for hydroxylation is 1. The van der Waals surface area contributed by atoms with Gasteiger partial charge in [-0.3, -0.25) is 0 Å². The van der Waals surface area contributed by atoms with Gasteiger partial charge in [-0.25, -0.2) is 0 Å². The Morgan fingerprint density at radius 1 is 1.38 bits per heavy atom. The van der Waals surface area contributed by atoms with Crippen LogP contribution in [0.15, 0.2) is 24.3 Å². The normalized spacial score (nSPS) is 9.00. The molecule has 4 heteroatoms. The van der Waals surface area contributed by atoms with Crippen molar-refractivity contribution in [1.82, 2.24) is 0 Å². The van der Waals surface area contributed by atoms with Crippen molar-refractivity contribution in [3.05, 3.63) is 33.4 Å². The molecule has 0 amide bonds. The largest absolute Gasteiger partial charge is 1.00 e. The molecule has 0 heterocycles. The van der Waals surface area contributed by atoms with E-state index in [1.165, 1.54) is 0 Å². The van der Waals surface area contributed by atoms with Crippen LogP contribution >= 0.6 is 22.6 Å². The van der Waals surface area contributed by atoms with Crippen molar-refractivity contribution in [2.75, 3.05) is 0 Å². The maximum absolute atomic E-state index is 10.2. The predicted octanol–water partition coefficient (Wildman–Crippen LogP) is -2.02. The Labute approximate surface area is 113 Å². The Kier molecular flexibility index (Phi) is 7.03. The number of carbonyl (C=O) groups is 1. The molecule has 2 nitrogen and oxygen atoms in total. The fraction of sp³-hybridized carbons (Fsp3) is 0.222. The molecular weight excluding hydrogens is 290 g/mol. The van der Waals surface area contributed by atoms with Crippen molar-refractivity contribution >= 4 is 28.6 Å². The summed E-state index contributed by atoms with van der Waals surface area (Å²) < 4.78 is 1.11. The summed E-state index contributed by atoms with van der Waals surface area (Å²) in [4.78, 5) is 10.2. The first-order valence-electron chi connectivity index (χ1n) is 3.63. The van der Waals surface area contributed by atoms with Gasteiger partial charge < -0.3 is 9.90 Å². The van der Waals surface area contributed by atoms with E-state index in [1.54, 1.807) is 0 Å². The standard InChI is InChI=1S/C9H9IO2.Na/c10-8-4-2-1-3-7(8)5-6-9(11)12;/h1-4H,5-6H2,(H,11,12);/q;+1/p-1. The minimum absolute atomic E-state index is 0. The Bertz CT molecular complexity index is 289. The molecule has 0 aromatic heterocycles. The summed E-state index contributed by atoms with van der Waals surface area (Å²) >= 11 is 2.19. The maximum Gasteiger partial charge on any atom is 1.00 e. The van der Waals surface area contributed by atoms with Crippen molar-refractivity contribution in [3.63, 3.8) is 0 Å². The Morgan fingerprint density at radius 2 is 2.00 bits per heavy atom. The molecule has 0 N–H and O–H groups in total. The molecule has 0 aliphatic rings. The molecule has 0 unspecified atom stereocenters. The predicted molar refractivity (Wildman–Crippen MR) is 52.5 cm³/mol. The molecule has 1 aromatic carbocycles. The van der Waals surface area contributed by atoms with Gasteiger partial charge >= 0.3 is 29.6 Å². The number of hydrogen-bond acceptors (Lipinski definition) is 2. The molecule has 0 saturated carbocycles. The number of carbonyl (C=O) groups excluding carboxylic acids is 1. The van der Waals surface area contributed by atoms with Crippen LogP contribution in [0.4, 0.5) is 0 Å². The summed E-state index contributed by atoms with van der Waals surface area (Å²) in [7, 11) is 0. The van der Waals surface area contributed by atoms with E-state index < -0.39 is 5.97 Å². The second-order valence-corrected chi connectivity index (χ2v) is 3.63. The van der Waals surface area contributed by atoms with E-state index in [9.17, 15) is 9.90 Å². The molecule has 0 saturated heterocycles. The average Bonchev–Trinajstić information content (AvgIpc) is 2.03. The Morgan fingerprint density at radius 3 is 2.54 bits per heavy atom. The van der Waals surface area contributed by atoms with Crippen LogP contribution in [-0.4, -0.2) is 5.97 Å². The van der Waals surface area contributed by atoms with Gasteiger partial charge in [0.05, 0.1) is 0 Å². The number of rotatable bonds is 3. The first-order chi connectivity index (χ1) is 5.70. The van der Waals surface area contributed by atoms with Gasteiger partial charge in [-0.2, -0.15) is 0 Å². The van der Waals surface area contributed by atoms with E-state index in [0.29, 0.717) is 6.42 Å².